The molecule has 0 aliphatic carbocycles. The predicted octanol–water partition coefficient (Wildman–Crippen LogP) is 3.44. The van der Waals surface area contributed by atoms with Gasteiger partial charge >= 0.3 is 0 Å². The number of hydrogen-bond acceptors (Lipinski definition) is 3. The predicted molar refractivity (Wildman–Crippen MR) is 92.6 cm³/mol. The number of aryl methyl sites for hydroxylation is 1. The average Bonchev–Trinajstić information content (AvgIpc) is 2.46. The third kappa shape index (κ3) is 4.73. The van der Waals surface area contributed by atoms with E-state index in [0.717, 1.165) is 30.4 Å². The number of rotatable bonds is 4. The molecule has 21 heavy (non-hydrogen) atoms. The second-order valence-corrected chi connectivity index (χ2v) is 7.71. The number of nitrogens with two attached hydrogens (primary N) is 1. The highest BCUT2D eigenvalue weighted by molar-refractivity contribution is 9.10. The van der Waals surface area contributed by atoms with Gasteiger partial charge in [0, 0.05) is 28.5 Å². The summed E-state index contributed by atoms with van der Waals surface area (Å²) in [5.74, 6) is 1.33. The number of likely N-dealkylation sites (tertiary alicyclic amines) is 1. The minimum Gasteiger partial charge on any atom is -0.342 e. The van der Waals surface area contributed by atoms with E-state index >= 15 is 0 Å². The van der Waals surface area contributed by atoms with E-state index in [4.69, 9.17) is 5.73 Å². The van der Waals surface area contributed by atoms with Crippen LogP contribution in [0.25, 0.3) is 0 Å². The zero-order chi connectivity index (χ0) is 15.4. The van der Waals surface area contributed by atoms with Crippen LogP contribution in [0.2, 0.25) is 0 Å². The third-order valence-corrected chi connectivity index (χ3v) is 5.78. The van der Waals surface area contributed by atoms with Gasteiger partial charge in [-0.15, -0.1) is 11.8 Å². The largest absolute Gasteiger partial charge is 0.342 e. The molecule has 5 heteroatoms. The van der Waals surface area contributed by atoms with Gasteiger partial charge in [0.05, 0.1) is 5.75 Å². The molecule has 1 aromatic carbocycles. The third-order valence-electron chi connectivity index (χ3n) is 4.12. The Morgan fingerprint density at radius 1 is 1.48 bits per heavy atom. The molecule has 1 heterocycles. The molecular formula is C16H23BrN2OS. The molecule has 116 valence electrons. The van der Waals surface area contributed by atoms with Crippen LogP contribution in [0.4, 0.5) is 0 Å². The summed E-state index contributed by atoms with van der Waals surface area (Å²) in [7, 11) is 0. The lowest BCUT2D eigenvalue weighted by molar-refractivity contribution is -0.129. The van der Waals surface area contributed by atoms with Crippen molar-refractivity contribution in [3.8, 4) is 0 Å². The van der Waals surface area contributed by atoms with Crippen LogP contribution in [0.1, 0.15) is 25.3 Å². The molecule has 1 aromatic rings. The number of amides is 1. The number of halogens is 1. The molecule has 0 radical (unpaired) electrons. The summed E-state index contributed by atoms with van der Waals surface area (Å²) in [4.78, 5) is 15.5. The molecule has 1 saturated heterocycles. The molecule has 0 saturated carbocycles. The molecule has 1 aliphatic rings. The van der Waals surface area contributed by atoms with Crippen LogP contribution >= 0.6 is 27.7 Å². The molecule has 2 rings (SSSR count). The summed E-state index contributed by atoms with van der Waals surface area (Å²) < 4.78 is 1.08. The SMILES string of the molecule is Cc1cc(Br)ccc1SCC(=O)N1CCC(C(C)N)CC1. The van der Waals surface area contributed by atoms with Crippen molar-refractivity contribution >= 4 is 33.6 Å². The van der Waals surface area contributed by atoms with E-state index in [2.05, 4.69) is 41.9 Å². The number of thioether (sulfide) groups is 1. The van der Waals surface area contributed by atoms with Crippen molar-refractivity contribution in [1.29, 1.82) is 0 Å². The number of hydrogen-bond donors (Lipinski definition) is 1. The standard InChI is InChI=1S/C16H23BrN2OS/c1-11-9-14(17)3-4-15(11)21-10-16(20)19-7-5-13(6-8-19)12(2)18/h3-4,9,12-13H,5-8,10,18H2,1-2H3. The first-order valence-electron chi connectivity index (χ1n) is 7.39. The van der Waals surface area contributed by atoms with Crippen LogP contribution in [0, 0.1) is 12.8 Å². The second-order valence-electron chi connectivity index (χ2n) is 5.78. The molecule has 0 spiro atoms. The molecule has 1 amide bonds. The van der Waals surface area contributed by atoms with Gasteiger partial charge in [0.2, 0.25) is 5.91 Å². The Morgan fingerprint density at radius 2 is 2.14 bits per heavy atom. The molecule has 1 unspecified atom stereocenters. The lowest BCUT2D eigenvalue weighted by atomic mass is 9.91. The zero-order valence-electron chi connectivity index (χ0n) is 12.6. The van der Waals surface area contributed by atoms with Gasteiger partial charge < -0.3 is 10.6 Å². The number of piperidine rings is 1. The second kappa shape index (κ2) is 7.65. The Kier molecular flexibility index (Phi) is 6.14. The zero-order valence-corrected chi connectivity index (χ0v) is 15.0. The first kappa shape index (κ1) is 16.8. The van der Waals surface area contributed by atoms with Gasteiger partial charge in [0.1, 0.15) is 0 Å². The van der Waals surface area contributed by atoms with Crippen LogP contribution in [0.3, 0.4) is 0 Å². The van der Waals surface area contributed by atoms with E-state index in [-0.39, 0.29) is 11.9 Å². The van der Waals surface area contributed by atoms with Gasteiger partial charge in [-0.05, 0) is 56.4 Å². The van der Waals surface area contributed by atoms with Gasteiger partial charge in [-0.25, -0.2) is 0 Å². The Labute approximate surface area is 139 Å². The van der Waals surface area contributed by atoms with Gasteiger partial charge in [-0.2, -0.15) is 0 Å². The minimum absolute atomic E-state index is 0.238. The number of benzene rings is 1. The number of carbonyl (C=O) groups excluding carboxylic acids is 1. The van der Waals surface area contributed by atoms with E-state index in [1.165, 1.54) is 10.5 Å². The first-order valence-corrected chi connectivity index (χ1v) is 9.17. The molecule has 1 atom stereocenters. The number of carbonyl (C=O) groups is 1. The minimum atomic E-state index is 0.238. The highest BCUT2D eigenvalue weighted by atomic mass is 79.9. The summed E-state index contributed by atoms with van der Waals surface area (Å²) in [6, 6.07) is 6.41. The van der Waals surface area contributed by atoms with Crippen LogP contribution in [-0.2, 0) is 4.79 Å². The molecule has 1 fully saturated rings. The Morgan fingerprint density at radius 3 is 2.71 bits per heavy atom. The van der Waals surface area contributed by atoms with E-state index in [9.17, 15) is 4.79 Å². The van der Waals surface area contributed by atoms with Crippen LogP contribution in [0.5, 0.6) is 0 Å². The quantitative estimate of drug-likeness (QED) is 0.825. The van der Waals surface area contributed by atoms with Crippen molar-refractivity contribution in [2.75, 3.05) is 18.8 Å². The highest BCUT2D eigenvalue weighted by Gasteiger charge is 2.24. The van der Waals surface area contributed by atoms with Crippen molar-refractivity contribution < 1.29 is 4.79 Å². The van der Waals surface area contributed by atoms with Gasteiger partial charge in [0.15, 0.2) is 0 Å². The summed E-state index contributed by atoms with van der Waals surface area (Å²) in [6.07, 6.45) is 2.07. The van der Waals surface area contributed by atoms with E-state index in [1.54, 1.807) is 11.8 Å². The topological polar surface area (TPSA) is 46.3 Å². The normalized spacial score (nSPS) is 17.8. The van der Waals surface area contributed by atoms with Gasteiger partial charge in [-0.1, -0.05) is 15.9 Å². The van der Waals surface area contributed by atoms with E-state index in [0.29, 0.717) is 11.7 Å². The Bertz CT molecular complexity index is 499. The molecule has 0 bridgehead atoms. The van der Waals surface area contributed by atoms with Crippen molar-refractivity contribution in [2.24, 2.45) is 11.7 Å². The van der Waals surface area contributed by atoms with Gasteiger partial charge in [0.25, 0.3) is 0 Å². The Balaban J connectivity index is 1.82. The summed E-state index contributed by atoms with van der Waals surface area (Å²) >= 11 is 5.09. The smallest absolute Gasteiger partial charge is 0.232 e. The van der Waals surface area contributed by atoms with Crippen LogP contribution in [0.15, 0.2) is 27.6 Å². The van der Waals surface area contributed by atoms with Crippen molar-refractivity contribution in [3.05, 3.63) is 28.2 Å². The first-order chi connectivity index (χ1) is 9.97. The van der Waals surface area contributed by atoms with Crippen molar-refractivity contribution in [1.82, 2.24) is 4.90 Å². The monoisotopic (exact) mass is 370 g/mol. The van der Waals surface area contributed by atoms with Crippen molar-refractivity contribution in [3.63, 3.8) is 0 Å². The van der Waals surface area contributed by atoms with Crippen LogP contribution in [-0.4, -0.2) is 35.7 Å². The Hall–Kier alpha value is -0.520. The lowest BCUT2D eigenvalue weighted by Gasteiger charge is -2.33. The molecule has 2 N–H and O–H groups in total. The fourth-order valence-corrected chi connectivity index (χ4v) is 4.07. The lowest BCUT2D eigenvalue weighted by Crippen LogP contribution is -2.43. The molecular weight excluding hydrogens is 348 g/mol. The van der Waals surface area contributed by atoms with Crippen LogP contribution < -0.4 is 5.73 Å². The average molecular weight is 371 g/mol. The van der Waals surface area contributed by atoms with Crippen molar-refractivity contribution in [2.45, 2.75) is 37.6 Å². The maximum absolute atomic E-state index is 12.3. The maximum Gasteiger partial charge on any atom is 0.232 e. The molecule has 1 aliphatic heterocycles. The fourth-order valence-electron chi connectivity index (χ4n) is 2.68. The maximum atomic E-state index is 12.3. The fraction of sp³-hybridized carbons (Fsp3) is 0.562. The van der Waals surface area contributed by atoms with E-state index in [1.807, 2.05) is 11.0 Å². The van der Waals surface area contributed by atoms with E-state index < -0.39 is 0 Å². The van der Waals surface area contributed by atoms with Gasteiger partial charge in [-0.3, -0.25) is 4.79 Å². The summed E-state index contributed by atoms with van der Waals surface area (Å²) in [5, 5.41) is 0. The highest BCUT2D eigenvalue weighted by Crippen LogP contribution is 2.26. The molecule has 3 nitrogen and oxygen atoms in total. The summed E-state index contributed by atoms with van der Waals surface area (Å²) in [6.45, 7) is 5.84. The molecule has 0 aromatic heterocycles. The summed E-state index contributed by atoms with van der Waals surface area (Å²) in [5.41, 5.74) is 7.15. The number of nitrogens with zero attached hydrogens (tertiary/aromatic N) is 1.